The standard InChI is InChI=1S/C13H15N3O3/c1-18-13(17)7-11-9-16(4-5-19-11)12-6-10(8-14)2-3-15-12/h2-3,6,11H,4-5,7,9H2,1H3. The van der Waals surface area contributed by atoms with Gasteiger partial charge in [0.1, 0.15) is 5.82 Å². The second kappa shape index (κ2) is 6.16. The molecule has 0 aromatic carbocycles. The molecule has 2 rings (SSSR count). The highest BCUT2D eigenvalue weighted by atomic mass is 16.5. The number of aromatic nitrogens is 1. The van der Waals surface area contributed by atoms with E-state index < -0.39 is 0 Å². The smallest absolute Gasteiger partial charge is 0.308 e. The number of methoxy groups -OCH3 is 1. The number of esters is 1. The van der Waals surface area contributed by atoms with Crippen LogP contribution >= 0.6 is 0 Å². The molecule has 6 nitrogen and oxygen atoms in total. The Hall–Kier alpha value is -2.13. The van der Waals surface area contributed by atoms with Crippen LogP contribution in [0.1, 0.15) is 12.0 Å². The highest BCUT2D eigenvalue weighted by molar-refractivity contribution is 5.69. The van der Waals surface area contributed by atoms with Crippen LogP contribution in [0, 0.1) is 11.3 Å². The van der Waals surface area contributed by atoms with Gasteiger partial charge in [0, 0.05) is 19.3 Å². The summed E-state index contributed by atoms with van der Waals surface area (Å²) in [6.07, 6.45) is 1.64. The number of pyridine rings is 1. The molecule has 1 aromatic heterocycles. The van der Waals surface area contributed by atoms with E-state index in [1.165, 1.54) is 7.11 Å². The van der Waals surface area contributed by atoms with E-state index in [1.54, 1.807) is 18.3 Å². The minimum atomic E-state index is -0.286. The van der Waals surface area contributed by atoms with Gasteiger partial charge in [0.2, 0.25) is 0 Å². The number of ether oxygens (including phenoxy) is 2. The highest BCUT2D eigenvalue weighted by Crippen LogP contribution is 2.17. The molecule has 1 aliphatic heterocycles. The van der Waals surface area contributed by atoms with Crippen LogP contribution in [0.15, 0.2) is 18.3 Å². The summed E-state index contributed by atoms with van der Waals surface area (Å²) in [6.45, 7) is 1.79. The van der Waals surface area contributed by atoms with Crippen LogP contribution in [0.25, 0.3) is 0 Å². The molecule has 0 radical (unpaired) electrons. The molecule has 2 heterocycles. The van der Waals surface area contributed by atoms with Crippen molar-refractivity contribution < 1.29 is 14.3 Å². The largest absolute Gasteiger partial charge is 0.469 e. The summed E-state index contributed by atoms with van der Waals surface area (Å²) in [6, 6.07) is 5.49. The van der Waals surface area contributed by atoms with Crippen LogP contribution in [0.4, 0.5) is 5.82 Å². The Morgan fingerprint density at radius 3 is 3.32 bits per heavy atom. The van der Waals surface area contributed by atoms with Crippen LogP contribution in [0.3, 0.4) is 0 Å². The van der Waals surface area contributed by atoms with Gasteiger partial charge in [-0.05, 0) is 12.1 Å². The van der Waals surface area contributed by atoms with Crippen molar-refractivity contribution in [1.82, 2.24) is 4.98 Å². The van der Waals surface area contributed by atoms with Crippen molar-refractivity contribution in [1.29, 1.82) is 5.26 Å². The highest BCUT2D eigenvalue weighted by Gasteiger charge is 2.24. The summed E-state index contributed by atoms with van der Waals surface area (Å²) >= 11 is 0. The zero-order chi connectivity index (χ0) is 13.7. The van der Waals surface area contributed by atoms with E-state index in [1.807, 2.05) is 4.90 Å². The number of nitrogens with zero attached hydrogens (tertiary/aromatic N) is 3. The molecule has 0 saturated carbocycles. The lowest BCUT2D eigenvalue weighted by atomic mass is 10.2. The normalized spacial score (nSPS) is 18.7. The molecule has 19 heavy (non-hydrogen) atoms. The molecule has 0 amide bonds. The first-order valence-electron chi connectivity index (χ1n) is 6.02. The van der Waals surface area contributed by atoms with Crippen LogP contribution in [0.2, 0.25) is 0 Å². The van der Waals surface area contributed by atoms with E-state index in [-0.39, 0.29) is 18.5 Å². The second-order valence-corrected chi connectivity index (χ2v) is 4.23. The van der Waals surface area contributed by atoms with Gasteiger partial charge in [-0.15, -0.1) is 0 Å². The molecule has 1 aliphatic rings. The van der Waals surface area contributed by atoms with Gasteiger partial charge in [-0.3, -0.25) is 4.79 Å². The molecule has 1 fully saturated rings. The van der Waals surface area contributed by atoms with Gasteiger partial charge in [-0.2, -0.15) is 5.26 Å². The SMILES string of the molecule is COC(=O)CC1CN(c2cc(C#N)ccn2)CCO1. The number of morpholine rings is 1. The topological polar surface area (TPSA) is 75.5 Å². The van der Waals surface area contributed by atoms with Gasteiger partial charge < -0.3 is 14.4 Å². The minimum absolute atomic E-state index is 0.200. The molecule has 0 spiro atoms. The van der Waals surface area contributed by atoms with Crippen molar-refractivity contribution in [2.24, 2.45) is 0 Å². The predicted molar refractivity (Wildman–Crippen MR) is 67.5 cm³/mol. The fraction of sp³-hybridized carbons (Fsp3) is 0.462. The van der Waals surface area contributed by atoms with Crippen molar-refractivity contribution >= 4 is 11.8 Å². The molecule has 6 heteroatoms. The third-order valence-electron chi connectivity index (χ3n) is 2.96. The molecular formula is C13H15N3O3. The molecule has 0 N–H and O–H groups in total. The van der Waals surface area contributed by atoms with Crippen molar-refractivity contribution in [2.45, 2.75) is 12.5 Å². The van der Waals surface area contributed by atoms with Crippen molar-refractivity contribution in [3.8, 4) is 6.07 Å². The van der Waals surface area contributed by atoms with Crippen molar-refractivity contribution in [3.63, 3.8) is 0 Å². The van der Waals surface area contributed by atoms with Crippen LogP contribution in [-0.2, 0) is 14.3 Å². The summed E-state index contributed by atoms with van der Waals surface area (Å²) in [5.74, 6) is 0.447. The number of carbonyl (C=O) groups excluding carboxylic acids is 1. The van der Waals surface area contributed by atoms with E-state index in [2.05, 4.69) is 15.8 Å². The summed E-state index contributed by atoms with van der Waals surface area (Å²) in [5.41, 5.74) is 0.570. The number of rotatable bonds is 3. The first kappa shape index (κ1) is 13.3. The Bertz CT molecular complexity index is 498. The van der Waals surface area contributed by atoms with Crippen LogP contribution in [0.5, 0.6) is 0 Å². The van der Waals surface area contributed by atoms with E-state index in [9.17, 15) is 4.79 Å². The Kier molecular flexibility index (Phi) is 4.31. The molecule has 0 aliphatic carbocycles. The summed E-state index contributed by atoms with van der Waals surface area (Å²) in [4.78, 5) is 17.5. The Labute approximate surface area is 111 Å². The maximum absolute atomic E-state index is 11.2. The maximum Gasteiger partial charge on any atom is 0.308 e. The van der Waals surface area contributed by atoms with Gasteiger partial charge in [0.15, 0.2) is 0 Å². The van der Waals surface area contributed by atoms with Crippen LogP contribution in [-0.4, -0.2) is 43.9 Å². The lowest BCUT2D eigenvalue weighted by Gasteiger charge is -2.33. The first-order valence-corrected chi connectivity index (χ1v) is 6.02. The van der Waals surface area contributed by atoms with Crippen molar-refractivity contribution in [2.75, 3.05) is 31.7 Å². The molecule has 0 bridgehead atoms. The minimum Gasteiger partial charge on any atom is -0.469 e. The van der Waals surface area contributed by atoms with E-state index >= 15 is 0 Å². The monoisotopic (exact) mass is 261 g/mol. The van der Waals surface area contributed by atoms with Gasteiger partial charge in [-0.25, -0.2) is 4.98 Å². The van der Waals surface area contributed by atoms with Gasteiger partial charge in [0.05, 0.1) is 37.9 Å². The number of hydrogen-bond acceptors (Lipinski definition) is 6. The summed E-state index contributed by atoms with van der Waals surface area (Å²) in [5, 5.41) is 8.88. The number of carbonyl (C=O) groups is 1. The number of nitriles is 1. The van der Waals surface area contributed by atoms with E-state index in [0.717, 1.165) is 5.82 Å². The quantitative estimate of drug-likeness (QED) is 0.746. The zero-order valence-corrected chi connectivity index (χ0v) is 10.7. The third-order valence-corrected chi connectivity index (χ3v) is 2.96. The Morgan fingerprint density at radius 1 is 1.74 bits per heavy atom. The second-order valence-electron chi connectivity index (χ2n) is 4.23. The molecule has 1 unspecified atom stereocenters. The molecule has 1 aromatic rings. The molecular weight excluding hydrogens is 246 g/mol. The van der Waals surface area contributed by atoms with E-state index in [0.29, 0.717) is 25.3 Å². The molecule has 1 saturated heterocycles. The molecule has 100 valence electrons. The maximum atomic E-state index is 11.2. The lowest BCUT2D eigenvalue weighted by molar-refractivity contribution is -0.144. The Balaban J connectivity index is 2.04. The average Bonchev–Trinajstić information content (AvgIpc) is 2.47. The fourth-order valence-electron chi connectivity index (χ4n) is 1.98. The lowest BCUT2D eigenvalue weighted by Crippen LogP contribution is -2.43. The summed E-state index contributed by atoms with van der Waals surface area (Å²) < 4.78 is 10.2. The average molecular weight is 261 g/mol. The number of hydrogen-bond donors (Lipinski definition) is 0. The first-order chi connectivity index (χ1) is 9.22. The third kappa shape index (κ3) is 3.42. The molecule has 1 atom stereocenters. The summed E-state index contributed by atoms with van der Waals surface area (Å²) in [7, 11) is 1.36. The van der Waals surface area contributed by atoms with E-state index in [4.69, 9.17) is 10.00 Å². The fourth-order valence-corrected chi connectivity index (χ4v) is 1.98. The zero-order valence-electron chi connectivity index (χ0n) is 10.7. The predicted octanol–water partition coefficient (Wildman–Crippen LogP) is 0.722. The number of anilines is 1. The van der Waals surface area contributed by atoms with Gasteiger partial charge in [0.25, 0.3) is 0 Å². The Morgan fingerprint density at radius 2 is 2.58 bits per heavy atom. The van der Waals surface area contributed by atoms with Crippen molar-refractivity contribution in [3.05, 3.63) is 23.9 Å². The van der Waals surface area contributed by atoms with Gasteiger partial charge in [-0.1, -0.05) is 0 Å². The van der Waals surface area contributed by atoms with Gasteiger partial charge >= 0.3 is 5.97 Å². The van der Waals surface area contributed by atoms with Crippen LogP contribution < -0.4 is 4.90 Å².